The largest absolute Gasteiger partial charge is 0.412 e. The van der Waals surface area contributed by atoms with Gasteiger partial charge in [-0.15, -0.1) is 0 Å². The summed E-state index contributed by atoms with van der Waals surface area (Å²) in [5.74, 6) is -0.617. The Morgan fingerprint density at radius 2 is 1.87 bits per heavy atom. The molecule has 0 aromatic heterocycles. The van der Waals surface area contributed by atoms with Crippen molar-refractivity contribution in [2.75, 3.05) is 0 Å². The predicted octanol–water partition coefficient (Wildman–Crippen LogP) is -3.52. The van der Waals surface area contributed by atoms with Gasteiger partial charge < -0.3 is 27.3 Å². The van der Waals surface area contributed by atoms with Crippen LogP contribution in [0.2, 0.25) is 0 Å². The standard InChI is InChI=1S/C4H6N4O3.Al.ClH.2H2O/c5-3(10)6-1-2(9)8-4(11)7-1;;;;/h1H,(H3,5,6,10)(H2,7,8,9,11);;1H;2*1H2/q;+1;;;/p-1. The second-order valence-electron chi connectivity index (χ2n) is 1.90. The number of primary amides is 1. The molecular weight excluding hydrogens is 247 g/mol. The van der Waals surface area contributed by atoms with Gasteiger partial charge in [0.05, 0.1) is 0 Å². The van der Waals surface area contributed by atoms with Crippen LogP contribution in [-0.2, 0) is 4.79 Å². The molecule has 1 saturated heterocycles. The molecule has 9 nitrogen and oxygen atoms in total. The summed E-state index contributed by atoms with van der Waals surface area (Å²) >= 11 is 1.89. The SMILES string of the molecule is NC(=O)NC1NC(=O)NC1=O.O.O.[Al][Cl]. The van der Waals surface area contributed by atoms with Gasteiger partial charge in [-0.05, 0) is 0 Å². The third-order valence-corrected chi connectivity index (χ3v) is 1.06. The van der Waals surface area contributed by atoms with E-state index in [-0.39, 0.29) is 11.0 Å². The fourth-order valence-corrected chi connectivity index (χ4v) is 0.661. The maximum Gasteiger partial charge on any atom is 0.323 e. The van der Waals surface area contributed by atoms with E-state index in [4.69, 9.17) is 5.73 Å². The molecule has 2 radical (unpaired) electrons. The van der Waals surface area contributed by atoms with Crippen molar-refractivity contribution in [2.45, 2.75) is 6.17 Å². The molecule has 0 saturated carbocycles. The second kappa shape index (κ2) is 9.51. The first kappa shape index (κ1) is 19.5. The average Bonchev–Trinajstić information content (AvgIpc) is 2.33. The second-order valence-corrected chi connectivity index (χ2v) is 1.90. The van der Waals surface area contributed by atoms with Gasteiger partial charge in [-0.3, -0.25) is 20.2 Å². The molecular formula is C4H10AlClN4O5. The van der Waals surface area contributed by atoms with Crippen LogP contribution in [0.15, 0.2) is 0 Å². The summed E-state index contributed by atoms with van der Waals surface area (Å²) < 4.78 is 0. The molecule has 86 valence electrons. The van der Waals surface area contributed by atoms with Crippen LogP contribution in [0.3, 0.4) is 0 Å². The molecule has 1 aliphatic rings. The van der Waals surface area contributed by atoms with Crippen molar-refractivity contribution < 1.29 is 25.3 Å². The molecule has 1 unspecified atom stereocenters. The summed E-state index contributed by atoms with van der Waals surface area (Å²) in [6.07, 6.45) is -1.04. The van der Waals surface area contributed by atoms with Crippen molar-refractivity contribution in [1.82, 2.24) is 16.0 Å². The van der Waals surface area contributed by atoms with E-state index in [1.807, 2.05) is 26.0 Å². The van der Waals surface area contributed by atoms with E-state index in [1.54, 1.807) is 0 Å². The number of urea groups is 2. The van der Waals surface area contributed by atoms with E-state index in [1.165, 1.54) is 0 Å². The zero-order valence-corrected chi connectivity index (χ0v) is 9.25. The van der Waals surface area contributed by atoms with Gasteiger partial charge in [-0.1, -0.05) is 0 Å². The molecule has 15 heavy (non-hydrogen) atoms. The smallest absolute Gasteiger partial charge is 0.323 e. The molecule has 9 N–H and O–H groups in total. The summed E-state index contributed by atoms with van der Waals surface area (Å²) in [7, 11) is 4.56. The van der Waals surface area contributed by atoms with Crippen LogP contribution in [0.4, 0.5) is 9.59 Å². The van der Waals surface area contributed by atoms with E-state index in [9.17, 15) is 14.4 Å². The Bertz CT molecular complexity index is 239. The van der Waals surface area contributed by atoms with E-state index < -0.39 is 24.1 Å². The normalized spacial score (nSPS) is 16.7. The van der Waals surface area contributed by atoms with Crippen LogP contribution in [0.5, 0.6) is 0 Å². The molecule has 0 bridgehead atoms. The van der Waals surface area contributed by atoms with Crippen molar-refractivity contribution in [3.05, 3.63) is 0 Å². The highest BCUT2D eigenvalue weighted by Crippen LogP contribution is 1.86. The lowest BCUT2D eigenvalue weighted by Gasteiger charge is -2.05. The zero-order chi connectivity index (χ0) is 10.4. The van der Waals surface area contributed by atoms with Crippen LogP contribution in [0.25, 0.3) is 0 Å². The molecule has 0 aromatic carbocycles. The monoisotopic (exact) mass is 256 g/mol. The number of hydrogen-bond acceptors (Lipinski definition) is 3. The molecule has 0 aliphatic carbocycles. The number of imide groups is 1. The van der Waals surface area contributed by atoms with Gasteiger partial charge in [-0.2, -0.15) is 0 Å². The summed E-state index contributed by atoms with van der Waals surface area (Å²) in [4.78, 5) is 31.3. The number of rotatable bonds is 1. The minimum absolute atomic E-state index is 0. The molecule has 1 aliphatic heterocycles. The number of nitrogens with one attached hydrogen (secondary N) is 3. The lowest BCUT2D eigenvalue weighted by Crippen LogP contribution is -2.48. The average molecular weight is 257 g/mol. The quantitative estimate of drug-likeness (QED) is 0.281. The van der Waals surface area contributed by atoms with E-state index in [2.05, 4.69) is 15.4 Å². The Hall–Kier alpha value is -1.05. The Morgan fingerprint density at radius 1 is 1.40 bits per heavy atom. The number of amides is 5. The molecule has 5 amide bonds. The van der Waals surface area contributed by atoms with E-state index in [0.29, 0.717) is 0 Å². The van der Waals surface area contributed by atoms with Crippen LogP contribution in [0.1, 0.15) is 0 Å². The third-order valence-electron chi connectivity index (χ3n) is 1.06. The molecule has 1 rings (SSSR count). The van der Waals surface area contributed by atoms with Crippen LogP contribution in [-0.4, -0.2) is 50.5 Å². The summed E-state index contributed by atoms with van der Waals surface area (Å²) in [6.45, 7) is 0. The van der Waals surface area contributed by atoms with Crippen LogP contribution in [0, 0.1) is 0 Å². The predicted molar refractivity (Wildman–Crippen MR) is 52.0 cm³/mol. The number of carbonyl (C=O) groups is 3. The van der Waals surface area contributed by atoms with E-state index in [0.717, 1.165) is 0 Å². The maximum atomic E-state index is 10.7. The van der Waals surface area contributed by atoms with Gasteiger partial charge >= 0.3 is 12.1 Å². The highest BCUT2D eigenvalue weighted by molar-refractivity contribution is 6.80. The molecule has 11 heteroatoms. The first-order valence-electron chi connectivity index (χ1n) is 2.99. The van der Waals surface area contributed by atoms with Crippen molar-refractivity contribution in [1.29, 1.82) is 0 Å². The highest BCUT2D eigenvalue weighted by atomic mass is 35.6. The van der Waals surface area contributed by atoms with Crippen molar-refractivity contribution in [3.8, 4) is 0 Å². The highest BCUT2D eigenvalue weighted by Gasteiger charge is 2.29. The van der Waals surface area contributed by atoms with Crippen molar-refractivity contribution >= 4 is 43.4 Å². The Balaban J connectivity index is -0.000000339. The molecule has 1 atom stereocenters. The van der Waals surface area contributed by atoms with Gasteiger partial charge in [0, 0.05) is 0 Å². The Labute approximate surface area is 96.9 Å². The summed E-state index contributed by atoms with van der Waals surface area (Å²) in [6, 6.07) is -1.51. The molecule has 0 aromatic rings. The van der Waals surface area contributed by atoms with Gasteiger partial charge in [0.2, 0.25) is 0 Å². The van der Waals surface area contributed by atoms with Gasteiger partial charge in [0.1, 0.15) is 0 Å². The van der Waals surface area contributed by atoms with Gasteiger partial charge in [-0.25, -0.2) is 9.59 Å². The summed E-state index contributed by atoms with van der Waals surface area (Å²) in [5.41, 5.74) is 4.70. The van der Waals surface area contributed by atoms with E-state index >= 15 is 0 Å². The lowest BCUT2D eigenvalue weighted by atomic mass is 10.5. The zero-order valence-electron chi connectivity index (χ0n) is 7.33. The fraction of sp³-hybridized carbons (Fsp3) is 0.250. The number of nitrogens with two attached hydrogens (primary N) is 1. The van der Waals surface area contributed by atoms with Crippen LogP contribution < -0.4 is 21.7 Å². The Kier molecular flexibility index (Phi) is 12.4. The third kappa shape index (κ3) is 6.95. The van der Waals surface area contributed by atoms with Gasteiger partial charge in [0.15, 0.2) is 6.17 Å². The lowest BCUT2D eigenvalue weighted by molar-refractivity contribution is -0.120. The molecule has 0 spiro atoms. The minimum Gasteiger partial charge on any atom is -0.412 e. The Morgan fingerprint density at radius 3 is 2.13 bits per heavy atom. The number of halogens is 1. The van der Waals surface area contributed by atoms with Crippen molar-refractivity contribution in [2.24, 2.45) is 5.73 Å². The first-order chi connectivity index (χ1) is 6.09. The summed E-state index contributed by atoms with van der Waals surface area (Å²) in [5, 5.41) is 6.05. The molecule has 1 fully saturated rings. The van der Waals surface area contributed by atoms with Crippen LogP contribution >= 0.6 is 10.0 Å². The number of carbonyl (C=O) groups excluding carboxylic acids is 3. The maximum absolute atomic E-state index is 10.7. The minimum atomic E-state index is -1.04. The number of hydrogen-bond donors (Lipinski definition) is 4. The topological polar surface area (TPSA) is 176 Å². The fourth-order valence-electron chi connectivity index (χ4n) is 0.661. The first-order valence-corrected chi connectivity index (χ1v) is 4.73. The van der Waals surface area contributed by atoms with Gasteiger partial charge in [0.25, 0.3) is 21.3 Å². The molecule has 1 heterocycles. The van der Waals surface area contributed by atoms with Crippen molar-refractivity contribution in [3.63, 3.8) is 0 Å².